The van der Waals surface area contributed by atoms with Crippen molar-refractivity contribution in [3.05, 3.63) is 46.5 Å². The monoisotopic (exact) mass is 465 g/mol. The van der Waals surface area contributed by atoms with Crippen molar-refractivity contribution in [3.8, 4) is 5.88 Å². The quantitative estimate of drug-likeness (QED) is 0.601. The first-order valence-electron chi connectivity index (χ1n) is 11.8. The third-order valence-corrected chi connectivity index (χ3v) is 7.38. The number of pyridine rings is 2. The van der Waals surface area contributed by atoms with Crippen LogP contribution in [0.2, 0.25) is 0 Å². The van der Waals surface area contributed by atoms with E-state index < -0.39 is 23.7 Å². The van der Waals surface area contributed by atoms with E-state index in [0.717, 1.165) is 37.5 Å². The van der Waals surface area contributed by atoms with E-state index in [1.807, 2.05) is 10.9 Å². The van der Waals surface area contributed by atoms with Gasteiger partial charge in [-0.05, 0) is 43.9 Å². The first-order chi connectivity index (χ1) is 16.5. The minimum atomic E-state index is -1.02. The van der Waals surface area contributed by atoms with E-state index >= 15 is 0 Å². The number of anilines is 1. The van der Waals surface area contributed by atoms with E-state index in [1.165, 1.54) is 10.6 Å². The number of halogens is 1. The van der Waals surface area contributed by atoms with Crippen LogP contribution in [0.25, 0.3) is 11.0 Å². The summed E-state index contributed by atoms with van der Waals surface area (Å²) in [5.41, 5.74) is 0.273. The van der Waals surface area contributed by atoms with Gasteiger partial charge in [-0.2, -0.15) is 10.1 Å². The molecule has 3 saturated carbocycles. The predicted molar refractivity (Wildman–Crippen MR) is 120 cm³/mol. The highest BCUT2D eigenvalue weighted by Crippen LogP contribution is 2.45. The van der Waals surface area contributed by atoms with Crippen LogP contribution in [0.4, 0.5) is 10.1 Å². The van der Waals surface area contributed by atoms with Crippen molar-refractivity contribution in [2.45, 2.75) is 68.5 Å². The van der Waals surface area contributed by atoms with Crippen LogP contribution >= 0.6 is 0 Å². The van der Waals surface area contributed by atoms with Crippen LogP contribution in [-0.2, 0) is 10.3 Å². The largest absolute Gasteiger partial charge is 0.474 e. The van der Waals surface area contributed by atoms with Gasteiger partial charge < -0.3 is 19.4 Å². The maximum absolute atomic E-state index is 13.5. The molecule has 0 radical (unpaired) electrons. The zero-order valence-electron chi connectivity index (χ0n) is 18.4. The minimum Gasteiger partial charge on any atom is -0.474 e. The molecular formula is C24H24FN5O4. The van der Waals surface area contributed by atoms with Gasteiger partial charge in [0.25, 0.3) is 11.5 Å². The molecule has 1 amide bonds. The van der Waals surface area contributed by atoms with Gasteiger partial charge >= 0.3 is 0 Å². The zero-order chi connectivity index (χ0) is 23.0. The van der Waals surface area contributed by atoms with Gasteiger partial charge in [-0.15, -0.1) is 0 Å². The fourth-order valence-corrected chi connectivity index (χ4v) is 5.15. The van der Waals surface area contributed by atoms with Gasteiger partial charge in [0, 0.05) is 30.6 Å². The molecule has 4 aliphatic rings. The molecule has 2 bridgehead atoms. The summed E-state index contributed by atoms with van der Waals surface area (Å²) in [5, 5.41) is 8.13. The summed E-state index contributed by atoms with van der Waals surface area (Å²) in [5.74, 6) is -0.284. The molecule has 3 aliphatic carbocycles. The van der Waals surface area contributed by atoms with E-state index in [0.29, 0.717) is 18.7 Å². The molecule has 3 aromatic heterocycles. The number of hydrogen-bond acceptors (Lipinski definition) is 6. The Morgan fingerprint density at radius 2 is 2.18 bits per heavy atom. The van der Waals surface area contributed by atoms with Crippen LogP contribution in [0.3, 0.4) is 0 Å². The second-order valence-electron chi connectivity index (χ2n) is 9.95. The number of carbonyl (C=O) groups is 1. The molecule has 176 valence electrons. The number of nitrogens with zero attached hydrogens (tertiary/aromatic N) is 4. The maximum Gasteiger partial charge on any atom is 0.274 e. The average Bonchev–Trinajstić information content (AvgIpc) is 3.62. The van der Waals surface area contributed by atoms with Crippen LogP contribution < -0.4 is 15.6 Å². The number of fused-ring (bicyclic) bond motifs is 3. The second-order valence-corrected chi connectivity index (χ2v) is 9.95. The standard InChI is InChI=1S/C24H24FN5O4/c25-17-9-19(17)29-7-1-2-18(23(29)32)26-21(31)16-8-13-11-30(24-6-5-15(10-24)33-12-24)28-20(13)27-22(16)34-14-3-4-14/h1-2,7-8,11,14-15,17,19H,3-6,9-10,12H2,(H,26,31)/t15-,17+,19-,24-/m0/s1. The first kappa shape index (κ1) is 20.1. The number of ether oxygens (including phenoxy) is 2. The van der Waals surface area contributed by atoms with Crippen molar-refractivity contribution in [2.24, 2.45) is 0 Å². The molecule has 0 spiro atoms. The Kier molecular flexibility index (Phi) is 4.21. The number of carbonyl (C=O) groups excluding carboxylic acids is 1. The van der Waals surface area contributed by atoms with Crippen LogP contribution in [0, 0.1) is 0 Å². The molecule has 0 aromatic carbocycles. The number of amides is 1. The Morgan fingerprint density at radius 1 is 1.32 bits per heavy atom. The Bertz CT molecular complexity index is 1370. The molecule has 0 unspecified atom stereocenters. The van der Waals surface area contributed by atoms with Gasteiger partial charge in [0.05, 0.1) is 24.3 Å². The number of alkyl halides is 1. The lowest BCUT2D eigenvalue weighted by Gasteiger charge is -2.25. The summed E-state index contributed by atoms with van der Waals surface area (Å²) in [4.78, 5) is 30.7. The minimum absolute atomic E-state index is 0.0290. The molecule has 4 heterocycles. The normalized spacial score (nSPS) is 29.5. The Labute approximate surface area is 193 Å². The first-order valence-corrected chi connectivity index (χ1v) is 11.8. The summed E-state index contributed by atoms with van der Waals surface area (Å²) in [7, 11) is 0. The van der Waals surface area contributed by atoms with E-state index in [2.05, 4.69) is 10.3 Å². The van der Waals surface area contributed by atoms with Gasteiger partial charge in [0.15, 0.2) is 5.65 Å². The summed E-state index contributed by atoms with van der Waals surface area (Å²) >= 11 is 0. The predicted octanol–water partition coefficient (Wildman–Crippen LogP) is 2.95. The van der Waals surface area contributed by atoms with Gasteiger partial charge in [-0.25, -0.2) is 4.39 Å². The molecule has 3 aromatic rings. The second kappa shape index (κ2) is 7.11. The van der Waals surface area contributed by atoms with Crippen molar-refractivity contribution in [1.29, 1.82) is 0 Å². The third kappa shape index (κ3) is 3.23. The zero-order valence-corrected chi connectivity index (χ0v) is 18.4. The van der Waals surface area contributed by atoms with E-state index in [1.54, 1.807) is 18.3 Å². The Morgan fingerprint density at radius 3 is 2.85 bits per heavy atom. The summed E-state index contributed by atoms with van der Waals surface area (Å²) < 4.78 is 28.6. The number of aromatic nitrogens is 4. The van der Waals surface area contributed by atoms with Crippen molar-refractivity contribution in [1.82, 2.24) is 19.3 Å². The van der Waals surface area contributed by atoms with E-state index in [9.17, 15) is 14.0 Å². The highest BCUT2D eigenvalue weighted by molar-refractivity contribution is 6.07. The van der Waals surface area contributed by atoms with Gasteiger partial charge in [-0.3, -0.25) is 14.3 Å². The van der Waals surface area contributed by atoms with E-state index in [-0.39, 0.29) is 34.9 Å². The average molecular weight is 465 g/mol. The molecular weight excluding hydrogens is 441 g/mol. The lowest BCUT2D eigenvalue weighted by atomic mass is 10.0. The third-order valence-electron chi connectivity index (χ3n) is 7.38. The lowest BCUT2D eigenvalue weighted by molar-refractivity contribution is 0.0509. The Hall–Kier alpha value is -3.27. The summed E-state index contributed by atoms with van der Waals surface area (Å²) in [6, 6.07) is 4.41. The number of nitrogens with one attached hydrogen (secondary N) is 1. The van der Waals surface area contributed by atoms with Gasteiger partial charge in [0.1, 0.15) is 23.5 Å². The van der Waals surface area contributed by atoms with Gasteiger partial charge in [-0.1, -0.05) is 0 Å². The fourth-order valence-electron chi connectivity index (χ4n) is 5.15. The molecule has 34 heavy (non-hydrogen) atoms. The topological polar surface area (TPSA) is 100 Å². The van der Waals surface area contributed by atoms with Crippen LogP contribution in [0.15, 0.2) is 35.4 Å². The Balaban J connectivity index is 1.24. The highest BCUT2D eigenvalue weighted by Gasteiger charge is 2.48. The molecule has 9 nitrogen and oxygen atoms in total. The van der Waals surface area contributed by atoms with Crippen molar-refractivity contribution < 1.29 is 18.7 Å². The summed E-state index contributed by atoms with van der Waals surface area (Å²) in [6.07, 6.45) is 7.85. The van der Waals surface area contributed by atoms with Crippen LogP contribution in [0.1, 0.15) is 54.9 Å². The highest BCUT2D eigenvalue weighted by atomic mass is 19.1. The maximum atomic E-state index is 13.5. The number of hydrogen-bond donors (Lipinski definition) is 1. The van der Waals surface area contributed by atoms with Gasteiger partial charge in [0.2, 0.25) is 5.88 Å². The van der Waals surface area contributed by atoms with Crippen molar-refractivity contribution in [2.75, 3.05) is 11.9 Å². The molecule has 1 saturated heterocycles. The fraction of sp³-hybridized carbons (Fsp3) is 0.500. The molecule has 4 atom stereocenters. The number of rotatable bonds is 6. The van der Waals surface area contributed by atoms with E-state index in [4.69, 9.17) is 14.6 Å². The molecule has 10 heteroatoms. The van der Waals surface area contributed by atoms with Crippen LogP contribution in [0.5, 0.6) is 5.88 Å². The van der Waals surface area contributed by atoms with Crippen molar-refractivity contribution >= 4 is 22.6 Å². The SMILES string of the molecule is O=C(Nc1cccn([C@H]2C[C@H]2F)c1=O)c1cc2cn([C@@]34CC[C@@H](C3)OC4)nc2nc1OC1CC1. The lowest BCUT2D eigenvalue weighted by Crippen LogP contribution is -2.33. The molecule has 1 N–H and O–H groups in total. The van der Waals surface area contributed by atoms with Crippen LogP contribution in [-0.4, -0.2) is 50.2 Å². The summed E-state index contributed by atoms with van der Waals surface area (Å²) in [6.45, 7) is 0.630. The van der Waals surface area contributed by atoms with Crippen molar-refractivity contribution in [3.63, 3.8) is 0 Å². The molecule has 1 aliphatic heterocycles. The molecule has 4 fully saturated rings. The smallest absolute Gasteiger partial charge is 0.274 e. The molecule has 7 rings (SSSR count).